The first kappa shape index (κ1) is 16.1. The topological polar surface area (TPSA) is 65.1 Å². The number of nitrogens with one attached hydrogen (secondary N) is 1. The van der Waals surface area contributed by atoms with Crippen LogP contribution in [0.15, 0.2) is 30.5 Å². The average Bonchev–Trinajstić information content (AvgIpc) is 3.29. The summed E-state index contributed by atoms with van der Waals surface area (Å²) in [5.74, 6) is 1.09. The van der Waals surface area contributed by atoms with Gasteiger partial charge in [0.25, 0.3) is 0 Å². The van der Waals surface area contributed by atoms with Crippen LogP contribution >= 0.6 is 11.5 Å². The van der Waals surface area contributed by atoms with Gasteiger partial charge in [0, 0.05) is 61.2 Å². The number of aryl methyl sites for hydroxylation is 1. The number of amides is 1. The largest absolute Gasteiger partial charge is 0.361 e. The lowest BCUT2D eigenvalue weighted by molar-refractivity contribution is -0.130. The van der Waals surface area contributed by atoms with E-state index in [1.54, 1.807) is 0 Å². The van der Waals surface area contributed by atoms with E-state index in [1.165, 1.54) is 11.5 Å². The normalized spacial score (nSPS) is 15.1. The molecule has 1 N–H and O–H groups in total. The van der Waals surface area contributed by atoms with Gasteiger partial charge >= 0.3 is 0 Å². The van der Waals surface area contributed by atoms with E-state index in [0.29, 0.717) is 6.42 Å². The molecular weight excluding hydrogens is 334 g/mol. The molecule has 4 rings (SSSR count). The molecule has 0 spiro atoms. The second-order valence-electron chi connectivity index (χ2n) is 6.25. The van der Waals surface area contributed by atoms with Crippen LogP contribution in [0.25, 0.3) is 10.9 Å². The Morgan fingerprint density at radius 3 is 2.80 bits per heavy atom. The maximum atomic E-state index is 12.7. The number of hydrogen-bond donors (Lipinski definition) is 1. The summed E-state index contributed by atoms with van der Waals surface area (Å²) >= 11 is 1.45. The molecule has 3 heterocycles. The number of para-hydroxylation sites is 1. The SMILES string of the molecule is CCc1nsc(N2CCN(C(=O)Cc3c[nH]c4ccccc34)CC2)n1. The van der Waals surface area contributed by atoms with Crippen molar-refractivity contribution in [3.05, 3.63) is 41.9 Å². The van der Waals surface area contributed by atoms with Gasteiger partial charge in [0.2, 0.25) is 11.0 Å². The highest BCUT2D eigenvalue weighted by Crippen LogP contribution is 2.21. The number of carbonyl (C=O) groups is 1. The summed E-state index contributed by atoms with van der Waals surface area (Å²) in [6.45, 7) is 5.17. The Labute approximate surface area is 150 Å². The maximum absolute atomic E-state index is 12.7. The number of anilines is 1. The Morgan fingerprint density at radius 1 is 1.24 bits per heavy atom. The monoisotopic (exact) mass is 355 g/mol. The van der Waals surface area contributed by atoms with Crippen LogP contribution in [-0.2, 0) is 17.6 Å². The van der Waals surface area contributed by atoms with Gasteiger partial charge in [-0.25, -0.2) is 4.98 Å². The lowest BCUT2D eigenvalue weighted by atomic mass is 10.1. The molecule has 0 atom stereocenters. The summed E-state index contributed by atoms with van der Waals surface area (Å²) in [4.78, 5) is 24.6. The van der Waals surface area contributed by atoms with Gasteiger partial charge in [0.05, 0.1) is 6.42 Å². The molecule has 1 aliphatic rings. The third kappa shape index (κ3) is 3.24. The highest BCUT2D eigenvalue weighted by atomic mass is 32.1. The second-order valence-corrected chi connectivity index (χ2v) is 6.98. The fraction of sp³-hybridized carbons (Fsp3) is 0.389. The molecule has 0 saturated carbocycles. The van der Waals surface area contributed by atoms with E-state index in [0.717, 1.165) is 60.0 Å². The van der Waals surface area contributed by atoms with Crippen LogP contribution in [0, 0.1) is 0 Å². The van der Waals surface area contributed by atoms with Crippen LogP contribution < -0.4 is 4.90 Å². The summed E-state index contributed by atoms with van der Waals surface area (Å²) in [6.07, 6.45) is 3.26. The van der Waals surface area contributed by atoms with Gasteiger partial charge in [-0.05, 0) is 11.6 Å². The van der Waals surface area contributed by atoms with Gasteiger partial charge in [-0.1, -0.05) is 25.1 Å². The number of benzene rings is 1. The van der Waals surface area contributed by atoms with Gasteiger partial charge in [-0.2, -0.15) is 4.37 Å². The van der Waals surface area contributed by atoms with Crippen molar-refractivity contribution < 1.29 is 4.79 Å². The van der Waals surface area contributed by atoms with Crippen LogP contribution in [0.3, 0.4) is 0 Å². The smallest absolute Gasteiger partial charge is 0.227 e. The molecule has 1 fully saturated rings. The molecule has 0 aliphatic carbocycles. The highest BCUT2D eigenvalue weighted by molar-refractivity contribution is 7.09. The van der Waals surface area contributed by atoms with Gasteiger partial charge in [-0.15, -0.1) is 0 Å². The number of rotatable bonds is 4. The third-order valence-electron chi connectivity index (χ3n) is 4.69. The quantitative estimate of drug-likeness (QED) is 0.781. The molecule has 0 radical (unpaired) electrons. The lowest BCUT2D eigenvalue weighted by Gasteiger charge is -2.34. The fourth-order valence-corrected chi connectivity index (χ4v) is 4.02. The molecule has 1 amide bonds. The summed E-state index contributed by atoms with van der Waals surface area (Å²) in [6, 6.07) is 8.11. The van der Waals surface area contributed by atoms with Crippen LogP contribution in [0.4, 0.5) is 5.13 Å². The van der Waals surface area contributed by atoms with Gasteiger partial charge in [-0.3, -0.25) is 4.79 Å². The van der Waals surface area contributed by atoms with E-state index >= 15 is 0 Å². The predicted molar refractivity (Wildman–Crippen MR) is 100 cm³/mol. The van der Waals surface area contributed by atoms with Crippen molar-refractivity contribution in [1.29, 1.82) is 0 Å². The molecule has 7 heteroatoms. The summed E-state index contributed by atoms with van der Waals surface area (Å²) < 4.78 is 4.35. The molecular formula is C18H21N5OS. The molecule has 2 aromatic heterocycles. The van der Waals surface area contributed by atoms with Crippen molar-refractivity contribution in [2.75, 3.05) is 31.1 Å². The Balaban J connectivity index is 1.38. The number of nitrogens with zero attached hydrogens (tertiary/aromatic N) is 4. The van der Waals surface area contributed by atoms with Gasteiger partial charge in [0.1, 0.15) is 5.82 Å². The molecule has 1 aromatic carbocycles. The number of aromatic nitrogens is 3. The van der Waals surface area contributed by atoms with E-state index in [4.69, 9.17) is 0 Å². The zero-order valence-corrected chi connectivity index (χ0v) is 15.1. The molecule has 6 nitrogen and oxygen atoms in total. The minimum absolute atomic E-state index is 0.191. The van der Waals surface area contributed by atoms with Gasteiger partial charge < -0.3 is 14.8 Å². The Hall–Kier alpha value is -2.41. The number of fused-ring (bicyclic) bond motifs is 1. The standard InChI is InChI=1S/C18H21N5OS/c1-2-16-20-18(25-21-16)23-9-7-22(8-10-23)17(24)11-13-12-19-15-6-4-3-5-14(13)15/h3-6,12,19H,2,7-11H2,1H3. The van der Waals surface area contributed by atoms with Crippen molar-refractivity contribution in [2.24, 2.45) is 0 Å². The average molecular weight is 355 g/mol. The summed E-state index contributed by atoms with van der Waals surface area (Å²) in [5.41, 5.74) is 2.15. The van der Waals surface area contributed by atoms with Crippen LogP contribution in [0.1, 0.15) is 18.3 Å². The first-order chi connectivity index (χ1) is 12.2. The molecule has 3 aromatic rings. The minimum Gasteiger partial charge on any atom is -0.361 e. The molecule has 0 bridgehead atoms. The third-order valence-corrected chi connectivity index (χ3v) is 5.51. The van der Waals surface area contributed by atoms with Crippen molar-refractivity contribution in [3.8, 4) is 0 Å². The Morgan fingerprint density at radius 2 is 2.04 bits per heavy atom. The first-order valence-corrected chi connectivity index (χ1v) is 9.42. The highest BCUT2D eigenvalue weighted by Gasteiger charge is 2.23. The zero-order valence-electron chi connectivity index (χ0n) is 14.2. The van der Waals surface area contributed by atoms with E-state index in [2.05, 4.69) is 32.2 Å². The van der Waals surface area contributed by atoms with E-state index in [-0.39, 0.29) is 5.91 Å². The Bertz CT molecular complexity index is 878. The number of piperazine rings is 1. The predicted octanol–water partition coefficient (Wildman–Crippen LogP) is 2.47. The number of hydrogen-bond acceptors (Lipinski definition) is 5. The molecule has 0 unspecified atom stereocenters. The second kappa shape index (κ2) is 6.84. The number of carbonyl (C=O) groups excluding carboxylic acids is 1. The number of aromatic amines is 1. The van der Waals surface area contributed by atoms with Crippen molar-refractivity contribution >= 4 is 33.5 Å². The molecule has 25 heavy (non-hydrogen) atoms. The van der Waals surface area contributed by atoms with Crippen LogP contribution in [-0.4, -0.2) is 51.3 Å². The minimum atomic E-state index is 0.191. The molecule has 1 aliphatic heterocycles. The fourth-order valence-electron chi connectivity index (χ4n) is 3.22. The van der Waals surface area contributed by atoms with Crippen molar-refractivity contribution in [1.82, 2.24) is 19.2 Å². The van der Waals surface area contributed by atoms with Crippen molar-refractivity contribution in [3.63, 3.8) is 0 Å². The van der Waals surface area contributed by atoms with Crippen molar-refractivity contribution in [2.45, 2.75) is 19.8 Å². The van der Waals surface area contributed by atoms with E-state index < -0.39 is 0 Å². The summed E-state index contributed by atoms with van der Waals surface area (Å²) in [5, 5.41) is 2.11. The number of H-pyrrole nitrogens is 1. The summed E-state index contributed by atoms with van der Waals surface area (Å²) in [7, 11) is 0. The zero-order chi connectivity index (χ0) is 17.2. The van der Waals surface area contributed by atoms with E-state index in [1.807, 2.05) is 29.3 Å². The molecule has 130 valence electrons. The van der Waals surface area contributed by atoms with Crippen LogP contribution in [0.2, 0.25) is 0 Å². The molecule has 1 saturated heterocycles. The van der Waals surface area contributed by atoms with Crippen LogP contribution in [0.5, 0.6) is 0 Å². The lowest BCUT2D eigenvalue weighted by Crippen LogP contribution is -2.49. The first-order valence-electron chi connectivity index (χ1n) is 8.65. The maximum Gasteiger partial charge on any atom is 0.227 e. The van der Waals surface area contributed by atoms with Gasteiger partial charge in [0.15, 0.2) is 0 Å². The Kier molecular flexibility index (Phi) is 4.40. The van der Waals surface area contributed by atoms with E-state index in [9.17, 15) is 4.79 Å².